The second kappa shape index (κ2) is 4.31. The van der Waals surface area contributed by atoms with E-state index in [-0.39, 0.29) is 22.8 Å². The average molecular weight is 240 g/mol. The molecule has 0 radical (unpaired) electrons. The Hall–Kier alpha value is -1.06. The second-order valence-electron chi connectivity index (χ2n) is 6.78. The Morgan fingerprint density at radius 1 is 1.12 bits per heavy atom. The molecule has 1 saturated heterocycles. The lowest BCUT2D eigenvalue weighted by molar-refractivity contribution is -0.140. The van der Waals surface area contributed by atoms with Crippen LogP contribution in [0.1, 0.15) is 48.0 Å². The fraction of sp³-hybridized carbons (Fsp3) is 0.846. The molecule has 1 aliphatic rings. The van der Waals surface area contributed by atoms with Crippen molar-refractivity contribution in [3.63, 3.8) is 0 Å². The normalized spacial score (nSPS) is 23.4. The topological polar surface area (TPSA) is 49.4 Å². The van der Waals surface area contributed by atoms with Gasteiger partial charge in [-0.05, 0) is 26.2 Å². The summed E-state index contributed by atoms with van der Waals surface area (Å²) in [6.07, 6.45) is 0.385. The van der Waals surface area contributed by atoms with Crippen LogP contribution in [-0.2, 0) is 9.59 Å². The second-order valence-corrected chi connectivity index (χ2v) is 6.78. The third-order valence-electron chi connectivity index (χ3n) is 3.06. The van der Waals surface area contributed by atoms with Crippen molar-refractivity contribution in [1.29, 1.82) is 0 Å². The summed E-state index contributed by atoms with van der Waals surface area (Å²) < 4.78 is 0. The number of amides is 2. The van der Waals surface area contributed by atoms with Crippen LogP contribution in [0.15, 0.2) is 0 Å². The quantitative estimate of drug-likeness (QED) is 0.698. The van der Waals surface area contributed by atoms with Gasteiger partial charge in [0.15, 0.2) is 0 Å². The summed E-state index contributed by atoms with van der Waals surface area (Å²) in [6, 6.07) is -0.434. The SMILES string of the molecule is CC(C)(C)C1NC(=O)CCN(C(C)(C)C)C1=O. The number of nitrogens with one attached hydrogen (secondary N) is 1. The summed E-state index contributed by atoms with van der Waals surface area (Å²) >= 11 is 0. The van der Waals surface area contributed by atoms with Crippen molar-refractivity contribution in [2.75, 3.05) is 6.54 Å². The highest BCUT2D eigenvalue weighted by Crippen LogP contribution is 2.26. The third kappa shape index (κ3) is 3.20. The number of carbonyl (C=O) groups is 2. The van der Waals surface area contributed by atoms with Crippen LogP contribution >= 0.6 is 0 Å². The van der Waals surface area contributed by atoms with Crippen LogP contribution < -0.4 is 5.32 Å². The molecule has 1 N–H and O–H groups in total. The van der Waals surface area contributed by atoms with E-state index in [1.54, 1.807) is 4.90 Å². The standard InChI is InChI=1S/C13H24N2O2/c1-12(2,3)10-11(17)15(13(4,5)6)8-7-9(16)14-10/h10H,7-8H2,1-6H3,(H,14,16). The van der Waals surface area contributed by atoms with E-state index in [0.717, 1.165) is 0 Å². The zero-order valence-electron chi connectivity index (χ0n) is 11.8. The van der Waals surface area contributed by atoms with Crippen molar-refractivity contribution in [3.8, 4) is 0 Å². The molecule has 1 heterocycles. The van der Waals surface area contributed by atoms with E-state index < -0.39 is 6.04 Å². The molecule has 0 aromatic carbocycles. The molecule has 0 bridgehead atoms. The molecule has 0 aromatic rings. The highest BCUT2D eigenvalue weighted by atomic mass is 16.2. The first-order valence-electron chi connectivity index (χ1n) is 6.14. The molecule has 1 aliphatic heterocycles. The maximum Gasteiger partial charge on any atom is 0.246 e. The predicted molar refractivity (Wildman–Crippen MR) is 67.5 cm³/mol. The monoisotopic (exact) mass is 240 g/mol. The molecular weight excluding hydrogens is 216 g/mol. The number of carbonyl (C=O) groups excluding carboxylic acids is 2. The van der Waals surface area contributed by atoms with E-state index in [0.29, 0.717) is 13.0 Å². The molecule has 0 aliphatic carbocycles. The molecular formula is C13H24N2O2. The van der Waals surface area contributed by atoms with Gasteiger partial charge in [-0.3, -0.25) is 9.59 Å². The molecule has 4 heteroatoms. The van der Waals surface area contributed by atoms with E-state index in [2.05, 4.69) is 5.32 Å². The molecule has 4 nitrogen and oxygen atoms in total. The Kier molecular flexibility index (Phi) is 3.55. The summed E-state index contributed by atoms with van der Waals surface area (Å²) in [5, 5.41) is 2.84. The Morgan fingerprint density at radius 2 is 1.65 bits per heavy atom. The van der Waals surface area contributed by atoms with Crippen LogP contribution in [0.25, 0.3) is 0 Å². The van der Waals surface area contributed by atoms with E-state index >= 15 is 0 Å². The molecule has 1 fully saturated rings. The van der Waals surface area contributed by atoms with Crippen LogP contribution in [-0.4, -0.2) is 34.8 Å². The summed E-state index contributed by atoms with van der Waals surface area (Å²) in [5.74, 6) is -0.0131. The highest BCUT2D eigenvalue weighted by molar-refractivity contribution is 5.90. The highest BCUT2D eigenvalue weighted by Gasteiger charge is 2.40. The molecule has 2 amide bonds. The lowest BCUT2D eigenvalue weighted by Crippen LogP contribution is -2.56. The molecule has 98 valence electrons. The maximum atomic E-state index is 12.5. The van der Waals surface area contributed by atoms with Gasteiger partial charge in [0.1, 0.15) is 6.04 Å². The van der Waals surface area contributed by atoms with Gasteiger partial charge in [0.2, 0.25) is 11.8 Å². The van der Waals surface area contributed by atoms with Crippen molar-refractivity contribution in [2.45, 2.75) is 59.5 Å². The lowest BCUT2D eigenvalue weighted by atomic mass is 9.85. The van der Waals surface area contributed by atoms with Gasteiger partial charge in [0.25, 0.3) is 0 Å². The van der Waals surface area contributed by atoms with Crippen LogP contribution in [0, 0.1) is 5.41 Å². The van der Waals surface area contributed by atoms with E-state index in [9.17, 15) is 9.59 Å². The Bertz CT molecular complexity index is 323. The minimum Gasteiger partial charge on any atom is -0.344 e. The van der Waals surface area contributed by atoms with Gasteiger partial charge in [-0.1, -0.05) is 20.8 Å². The summed E-state index contributed by atoms with van der Waals surface area (Å²) in [6.45, 7) is 12.4. The van der Waals surface area contributed by atoms with Crippen molar-refractivity contribution in [1.82, 2.24) is 10.2 Å². The van der Waals surface area contributed by atoms with Gasteiger partial charge >= 0.3 is 0 Å². The molecule has 0 spiro atoms. The smallest absolute Gasteiger partial charge is 0.246 e. The molecule has 1 atom stereocenters. The van der Waals surface area contributed by atoms with E-state index in [1.165, 1.54) is 0 Å². The van der Waals surface area contributed by atoms with Crippen molar-refractivity contribution < 1.29 is 9.59 Å². The molecule has 1 unspecified atom stereocenters. The van der Waals surface area contributed by atoms with Crippen molar-refractivity contribution >= 4 is 11.8 Å². The van der Waals surface area contributed by atoms with E-state index in [1.807, 2.05) is 41.5 Å². The zero-order chi connectivity index (χ0) is 13.4. The molecule has 0 saturated carbocycles. The minimum absolute atomic E-state index is 0.0239. The first kappa shape index (κ1) is 14.0. The van der Waals surface area contributed by atoms with Crippen molar-refractivity contribution in [3.05, 3.63) is 0 Å². The largest absolute Gasteiger partial charge is 0.344 e. The molecule has 0 aromatic heterocycles. The van der Waals surface area contributed by atoms with Crippen molar-refractivity contribution in [2.24, 2.45) is 5.41 Å². The van der Waals surface area contributed by atoms with Crippen LogP contribution in [0.3, 0.4) is 0 Å². The van der Waals surface area contributed by atoms with Crippen LogP contribution in [0.4, 0.5) is 0 Å². The Balaban J connectivity index is 3.06. The number of nitrogens with zero attached hydrogens (tertiary/aromatic N) is 1. The minimum atomic E-state index is -0.434. The van der Waals surface area contributed by atoms with Gasteiger partial charge in [0.05, 0.1) is 0 Å². The van der Waals surface area contributed by atoms with Crippen LogP contribution in [0.2, 0.25) is 0 Å². The van der Waals surface area contributed by atoms with Gasteiger partial charge in [-0.25, -0.2) is 0 Å². The molecule has 1 rings (SSSR count). The van der Waals surface area contributed by atoms with Gasteiger partial charge in [-0.15, -0.1) is 0 Å². The lowest BCUT2D eigenvalue weighted by Gasteiger charge is -2.39. The fourth-order valence-electron chi connectivity index (χ4n) is 2.03. The summed E-state index contributed by atoms with van der Waals surface area (Å²) in [7, 11) is 0. The first-order valence-corrected chi connectivity index (χ1v) is 6.14. The van der Waals surface area contributed by atoms with Gasteiger partial charge in [0, 0.05) is 18.5 Å². The summed E-state index contributed by atoms with van der Waals surface area (Å²) in [4.78, 5) is 26.0. The number of rotatable bonds is 0. The summed E-state index contributed by atoms with van der Waals surface area (Å²) in [5.41, 5.74) is -0.506. The Labute approximate surface area is 104 Å². The first-order chi connectivity index (χ1) is 7.53. The zero-order valence-corrected chi connectivity index (χ0v) is 11.8. The molecule has 17 heavy (non-hydrogen) atoms. The predicted octanol–water partition coefficient (Wildman–Crippen LogP) is 1.55. The van der Waals surface area contributed by atoms with E-state index in [4.69, 9.17) is 0 Å². The fourth-order valence-corrected chi connectivity index (χ4v) is 2.03. The average Bonchev–Trinajstić information content (AvgIpc) is 2.23. The van der Waals surface area contributed by atoms with Gasteiger partial charge in [-0.2, -0.15) is 0 Å². The maximum absolute atomic E-state index is 12.5. The Morgan fingerprint density at radius 3 is 2.06 bits per heavy atom. The number of hydrogen-bond donors (Lipinski definition) is 1. The number of hydrogen-bond acceptors (Lipinski definition) is 2. The van der Waals surface area contributed by atoms with Gasteiger partial charge < -0.3 is 10.2 Å². The third-order valence-corrected chi connectivity index (χ3v) is 3.06. The van der Waals surface area contributed by atoms with Crippen LogP contribution in [0.5, 0.6) is 0 Å².